The quantitative estimate of drug-likeness (QED) is 0.243. The Balaban J connectivity index is 1.47. The Labute approximate surface area is 223 Å². The number of hydrogen-bond acceptors (Lipinski definition) is 6. The first-order valence-corrected chi connectivity index (χ1v) is 14.5. The fraction of sp³-hybridized carbons (Fsp3) is 1.00. The molecule has 0 aromatic carbocycles. The minimum absolute atomic E-state index is 0.119. The minimum Gasteiger partial charge on any atom is -0.379 e. The monoisotopic (exact) mass is 512 g/mol. The summed E-state index contributed by atoms with van der Waals surface area (Å²) in [6, 6.07) is 1.16. The van der Waals surface area contributed by atoms with Gasteiger partial charge in [-0.1, -0.05) is 34.6 Å². The number of hydrogen-bond donors (Lipinski definition) is 2. The molecule has 2 fully saturated rings. The van der Waals surface area contributed by atoms with E-state index in [9.17, 15) is 0 Å². The molecule has 0 radical (unpaired) electrons. The van der Waals surface area contributed by atoms with E-state index < -0.39 is 0 Å². The molecule has 0 heterocycles. The molecule has 0 saturated heterocycles. The van der Waals surface area contributed by atoms with Crippen LogP contribution in [-0.4, -0.2) is 75.0 Å². The van der Waals surface area contributed by atoms with Crippen molar-refractivity contribution in [3.05, 3.63) is 0 Å². The Morgan fingerprint density at radius 2 is 1.06 bits per heavy atom. The lowest BCUT2D eigenvalue weighted by Crippen LogP contribution is -2.54. The zero-order valence-corrected chi connectivity index (χ0v) is 25.4. The van der Waals surface area contributed by atoms with Crippen LogP contribution in [0.3, 0.4) is 0 Å². The molecule has 2 saturated carbocycles. The highest BCUT2D eigenvalue weighted by atomic mass is 16.5. The fourth-order valence-electron chi connectivity index (χ4n) is 4.87. The molecule has 0 atom stereocenters. The van der Waals surface area contributed by atoms with E-state index in [1.807, 2.05) is 0 Å². The zero-order valence-electron chi connectivity index (χ0n) is 25.4. The van der Waals surface area contributed by atoms with E-state index in [0.717, 1.165) is 51.7 Å². The van der Waals surface area contributed by atoms with Crippen molar-refractivity contribution >= 4 is 0 Å². The highest BCUT2D eigenvalue weighted by Crippen LogP contribution is 2.30. The summed E-state index contributed by atoms with van der Waals surface area (Å²) in [4.78, 5) is 0. The van der Waals surface area contributed by atoms with Crippen LogP contribution in [0.5, 0.6) is 0 Å². The van der Waals surface area contributed by atoms with Crippen LogP contribution < -0.4 is 10.6 Å². The minimum atomic E-state index is 0.119. The van der Waals surface area contributed by atoms with E-state index in [0.29, 0.717) is 50.7 Å². The topological polar surface area (TPSA) is 61.0 Å². The van der Waals surface area contributed by atoms with Crippen molar-refractivity contribution in [1.29, 1.82) is 0 Å². The van der Waals surface area contributed by atoms with Crippen LogP contribution in [-0.2, 0) is 18.9 Å². The van der Waals surface area contributed by atoms with Crippen molar-refractivity contribution in [3.8, 4) is 0 Å². The third-order valence-electron chi connectivity index (χ3n) is 7.04. The van der Waals surface area contributed by atoms with Gasteiger partial charge in [-0.3, -0.25) is 0 Å². The largest absolute Gasteiger partial charge is 0.379 e. The summed E-state index contributed by atoms with van der Waals surface area (Å²) in [7, 11) is 0. The van der Waals surface area contributed by atoms with E-state index in [-0.39, 0.29) is 21.9 Å². The molecule has 0 aromatic heterocycles. The van der Waals surface area contributed by atoms with Crippen molar-refractivity contribution in [2.75, 3.05) is 39.6 Å². The maximum absolute atomic E-state index is 6.00. The lowest BCUT2D eigenvalue weighted by molar-refractivity contribution is -0.0562. The molecule has 2 N–H and O–H groups in total. The summed E-state index contributed by atoms with van der Waals surface area (Å²) >= 11 is 0. The van der Waals surface area contributed by atoms with Gasteiger partial charge in [0.1, 0.15) is 0 Å². The highest BCUT2D eigenvalue weighted by molar-refractivity contribution is 4.93. The first-order chi connectivity index (χ1) is 16.5. The van der Waals surface area contributed by atoms with Gasteiger partial charge in [-0.15, -0.1) is 0 Å². The normalized spacial score (nSPS) is 25.5. The lowest BCUT2D eigenvalue weighted by Gasteiger charge is -2.42. The van der Waals surface area contributed by atoms with Crippen LogP contribution in [0.1, 0.15) is 108 Å². The summed E-state index contributed by atoms with van der Waals surface area (Å²) in [6.07, 6.45) is 7.47. The Bertz CT molecular complexity index is 611. The van der Waals surface area contributed by atoms with Gasteiger partial charge in [0.2, 0.25) is 0 Å². The lowest BCUT2D eigenvalue weighted by atomic mass is 9.81. The Morgan fingerprint density at radius 3 is 1.53 bits per heavy atom. The van der Waals surface area contributed by atoms with E-state index in [1.54, 1.807) is 0 Å². The average molecular weight is 513 g/mol. The smallest absolute Gasteiger partial charge is 0.0704 e. The second-order valence-electron chi connectivity index (χ2n) is 15.1. The van der Waals surface area contributed by atoms with Gasteiger partial charge < -0.3 is 29.6 Å². The predicted molar refractivity (Wildman–Crippen MR) is 150 cm³/mol. The summed E-state index contributed by atoms with van der Waals surface area (Å²) < 4.78 is 23.7. The van der Waals surface area contributed by atoms with Crippen LogP contribution in [0, 0.1) is 10.8 Å². The summed E-state index contributed by atoms with van der Waals surface area (Å²) in [5.41, 5.74) is 0.684. The van der Waals surface area contributed by atoms with E-state index in [2.05, 4.69) is 79.9 Å². The van der Waals surface area contributed by atoms with Crippen LogP contribution in [0.2, 0.25) is 0 Å². The Morgan fingerprint density at radius 1 is 0.583 bits per heavy atom. The van der Waals surface area contributed by atoms with Crippen molar-refractivity contribution in [2.45, 2.75) is 143 Å². The molecule has 2 rings (SSSR count). The Kier molecular flexibility index (Phi) is 12.2. The van der Waals surface area contributed by atoms with Gasteiger partial charge in [0.05, 0.1) is 51.8 Å². The molecule has 0 bridgehead atoms. The van der Waals surface area contributed by atoms with Gasteiger partial charge in [-0.05, 0) is 84.0 Å². The molecule has 0 aliphatic heterocycles. The first kappa shape index (κ1) is 32.0. The van der Waals surface area contributed by atoms with Crippen molar-refractivity contribution in [1.82, 2.24) is 10.6 Å². The molecular formula is C30H60N2O4. The molecule has 0 unspecified atom stereocenters. The Hall–Kier alpha value is -0.240. The number of nitrogens with one attached hydrogen (secondary N) is 2. The molecule has 0 aromatic rings. The van der Waals surface area contributed by atoms with Gasteiger partial charge in [0.25, 0.3) is 0 Å². The van der Waals surface area contributed by atoms with Gasteiger partial charge >= 0.3 is 0 Å². The second-order valence-corrected chi connectivity index (χ2v) is 15.1. The average Bonchev–Trinajstić information content (AvgIpc) is 2.66. The van der Waals surface area contributed by atoms with Crippen molar-refractivity contribution in [2.24, 2.45) is 10.8 Å². The number of ether oxygens (including phenoxy) is 4. The van der Waals surface area contributed by atoms with Gasteiger partial charge in [-0.2, -0.15) is 0 Å². The van der Waals surface area contributed by atoms with Crippen molar-refractivity contribution < 1.29 is 18.9 Å². The molecule has 2 aliphatic rings. The number of rotatable bonds is 17. The molecular weight excluding hydrogens is 452 g/mol. The van der Waals surface area contributed by atoms with E-state index >= 15 is 0 Å². The zero-order chi connectivity index (χ0) is 27.0. The second kappa shape index (κ2) is 13.7. The SMILES string of the molecule is CC(C)(C)COCCO[C@H]1C[C@@H](NC(C)(C)CCC(C)(C)COCCO[C@H]2C[C@H](NC(C)(C)C)C2)C1. The molecule has 36 heavy (non-hydrogen) atoms. The molecule has 6 nitrogen and oxygen atoms in total. The van der Waals surface area contributed by atoms with Gasteiger partial charge in [-0.25, -0.2) is 0 Å². The maximum Gasteiger partial charge on any atom is 0.0704 e. The fourth-order valence-corrected chi connectivity index (χ4v) is 4.87. The first-order valence-electron chi connectivity index (χ1n) is 14.5. The molecule has 0 amide bonds. The third-order valence-corrected chi connectivity index (χ3v) is 7.04. The van der Waals surface area contributed by atoms with Crippen LogP contribution in [0.4, 0.5) is 0 Å². The summed E-state index contributed by atoms with van der Waals surface area (Å²) in [5, 5.41) is 7.50. The third kappa shape index (κ3) is 14.1. The van der Waals surface area contributed by atoms with Crippen molar-refractivity contribution in [3.63, 3.8) is 0 Å². The van der Waals surface area contributed by atoms with Gasteiger partial charge in [0, 0.05) is 23.2 Å². The predicted octanol–water partition coefficient (Wildman–Crippen LogP) is 5.72. The van der Waals surface area contributed by atoms with Crippen LogP contribution >= 0.6 is 0 Å². The summed E-state index contributed by atoms with van der Waals surface area (Å²) in [6.45, 7) is 26.9. The molecule has 214 valence electrons. The van der Waals surface area contributed by atoms with Crippen LogP contribution in [0.25, 0.3) is 0 Å². The van der Waals surface area contributed by atoms with E-state index in [1.165, 1.54) is 0 Å². The van der Waals surface area contributed by atoms with Crippen LogP contribution in [0.15, 0.2) is 0 Å². The molecule has 0 spiro atoms. The molecule has 6 heteroatoms. The maximum atomic E-state index is 6.00. The highest BCUT2D eigenvalue weighted by Gasteiger charge is 2.35. The standard InChI is InChI=1S/C30H60N2O4/c1-27(2,3)21-33-13-15-35-26-19-24(20-26)32-30(9,10)12-11-29(7,8)22-34-14-16-36-25-17-23(18-25)31-28(4,5)6/h23-26,31-32H,11-22H2,1-10H3/t23-,24-,25-,26+. The van der Waals surface area contributed by atoms with Gasteiger partial charge in [0.15, 0.2) is 0 Å². The van der Waals surface area contributed by atoms with E-state index in [4.69, 9.17) is 18.9 Å². The molecule has 2 aliphatic carbocycles. The summed E-state index contributed by atoms with van der Waals surface area (Å²) in [5.74, 6) is 0.